The molecule has 0 atom stereocenters. The van der Waals surface area contributed by atoms with Gasteiger partial charge in [0.15, 0.2) is 11.6 Å². The molecule has 1 saturated carbocycles. The molecule has 1 nitrogen and oxygen atoms in total. The van der Waals surface area contributed by atoms with Crippen LogP contribution in [0.25, 0.3) is 0 Å². The van der Waals surface area contributed by atoms with Gasteiger partial charge in [0.2, 0.25) is 0 Å². The summed E-state index contributed by atoms with van der Waals surface area (Å²) in [5.41, 5.74) is 2.50. The second kappa shape index (κ2) is 9.60. The minimum atomic E-state index is -0.685. The van der Waals surface area contributed by atoms with Crippen LogP contribution in [0.1, 0.15) is 74.1 Å². The molecular weight excluding hydrogens is 361 g/mol. The summed E-state index contributed by atoms with van der Waals surface area (Å²) in [7, 11) is 0. The maximum Gasteiger partial charge on any atom is 0.162 e. The highest BCUT2D eigenvalue weighted by molar-refractivity contribution is 5.29. The molecule has 0 bridgehead atoms. The molecular formula is C24H29F3O. The van der Waals surface area contributed by atoms with Crippen molar-refractivity contribution in [2.75, 3.05) is 0 Å². The Balaban J connectivity index is 1.55. The van der Waals surface area contributed by atoms with Gasteiger partial charge in [0.1, 0.15) is 5.82 Å². The lowest BCUT2D eigenvalue weighted by Gasteiger charge is -2.29. The molecule has 0 N–H and O–H groups in total. The maximum atomic E-state index is 14.5. The summed E-state index contributed by atoms with van der Waals surface area (Å²) >= 11 is 0. The van der Waals surface area contributed by atoms with Gasteiger partial charge in [-0.25, -0.2) is 13.2 Å². The molecule has 3 rings (SSSR count). The Morgan fingerprint density at radius 2 is 1.61 bits per heavy atom. The Morgan fingerprint density at radius 3 is 2.25 bits per heavy atom. The molecule has 0 aliphatic heterocycles. The molecule has 0 unspecified atom stereocenters. The van der Waals surface area contributed by atoms with E-state index in [1.807, 2.05) is 26.0 Å². The third-order valence-electron chi connectivity index (χ3n) is 5.81. The van der Waals surface area contributed by atoms with Crippen molar-refractivity contribution in [3.8, 4) is 0 Å². The van der Waals surface area contributed by atoms with Gasteiger partial charge in [-0.2, -0.15) is 0 Å². The van der Waals surface area contributed by atoms with Gasteiger partial charge >= 0.3 is 0 Å². The molecule has 2 aromatic rings. The predicted octanol–water partition coefficient (Wildman–Crippen LogP) is 6.86. The Bertz CT molecular complexity index is 795. The first-order chi connectivity index (χ1) is 13.5. The van der Waals surface area contributed by atoms with Crippen LogP contribution in [0.5, 0.6) is 0 Å². The molecule has 2 aromatic carbocycles. The normalized spacial score (nSPS) is 19.8. The van der Waals surface area contributed by atoms with Crippen molar-refractivity contribution in [2.45, 2.75) is 77.4 Å². The molecule has 0 spiro atoms. The smallest absolute Gasteiger partial charge is 0.162 e. The van der Waals surface area contributed by atoms with E-state index < -0.39 is 11.6 Å². The quantitative estimate of drug-likeness (QED) is 0.502. The van der Waals surface area contributed by atoms with Crippen LogP contribution in [0, 0.1) is 17.5 Å². The second-order valence-corrected chi connectivity index (χ2v) is 7.76. The standard InChI is InChI=1S/C24H29F3O/c1-3-5-19-10-13-21(24(27)23(19)26)18-8-11-20(12-9-18)28-15-16-6-7-17(4-2)22(25)14-16/h6-7,10,13-14,18,20H,3-5,8-9,11-12,15H2,1-2H3. The minimum absolute atomic E-state index is 0.0336. The summed E-state index contributed by atoms with van der Waals surface area (Å²) in [5.74, 6) is -1.51. The van der Waals surface area contributed by atoms with Crippen LogP contribution in [0.15, 0.2) is 30.3 Å². The molecule has 4 heteroatoms. The van der Waals surface area contributed by atoms with Gasteiger partial charge in [0.25, 0.3) is 0 Å². The number of halogens is 3. The average Bonchev–Trinajstić information content (AvgIpc) is 2.71. The van der Waals surface area contributed by atoms with Gasteiger partial charge < -0.3 is 4.74 Å². The van der Waals surface area contributed by atoms with Crippen LogP contribution in [0.3, 0.4) is 0 Å². The van der Waals surface area contributed by atoms with E-state index in [1.54, 1.807) is 18.2 Å². The number of ether oxygens (including phenoxy) is 1. The second-order valence-electron chi connectivity index (χ2n) is 7.76. The zero-order valence-corrected chi connectivity index (χ0v) is 16.7. The van der Waals surface area contributed by atoms with E-state index in [2.05, 4.69) is 0 Å². The predicted molar refractivity (Wildman–Crippen MR) is 106 cm³/mol. The fraction of sp³-hybridized carbons (Fsp3) is 0.500. The van der Waals surface area contributed by atoms with Crippen molar-refractivity contribution in [1.82, 2.24) is 0 Å². The number of aryl methyl sites for hydroxylation is 2. The molecule has 28 heavy (non-hydrogen) atoms. The van der Waals surface area contributed by atoms with Crippen molar-refractivity contribution < 1.29 is 17.9 Å². The van der Waals surface area contributed by atoms with E-state index in [0.717, 1.165) is 37.7 Å². The SMILES string of the molecule is CCCc1ccc(C2CCC(OCc3ccc(CC)c(F)c3)CC2)c(F)c1F. The van der Waals surface area contributed by atoms with Crippen molar-refractivity contribution in [2.24, 2.45) is 0 Å². The van der Waals surface area contributed by atoms with Gasteiger partial charge in [0.05, 0.1) is 12.7 Å². The molecule has 1 aliphatic carbocycles. The van der Waals surface area contributed by atoms with E-state index in [-0.39, 0.29) is 17.8 Å². The monoisotopic (exact) mass is 390 g/mol. The van der Waals surface area contributed by atoms with Crippen molar-refractivity contribution >= 4 is 0 Å². The van der Waals surface area contributed by atoms with Crippen molar-refractivity contribution in [1.29, 1.82) is 0 Å². The number of hydrogen-bond acceptors (Lipinski definition) is 1. The molecule has 152 valence electrons. The number of rotatable bonds is 7. The summed E-state index contributed by atoms with van der Waals surface area (Å²) in [5, 5.41) is 0. The van der Waals surface area contributed by atoms with Gasteiger partial charge in [-0.05, 0) is 72.8 Å². The fourth-order valence-electron chi connectivity index (χ4n) is 4.10. The third kappa shape index (κ3) is 4.78. The molecule has 0 radical (unpaired) electrons. The van der Waals surface area contributed by atoms with Gasteiger partial charge in [-0.15, -0.1) is 0 Å². The number of hydrogen-bond donors (Lipinski definition) is 0. The van der Waals surface area contributed by atoms with Crippen LogP contribution in [0.2, 0.25) is 0 Å². The van der Waals surface area contributed by atoms with E-state index >= 15 is 0 Å². The van der Waals surface area contributed by atoms with Crippen LogP contribution in [-0.4, -0.2) is 6.10 Å². The zero-order chi connectivity index (χ0) is 20.1. The minimum Gasteiger partial charge on any atom is -0.374 e. The topological polar surface area (TPSA) is 9.23 Å². The van der Waals surface area contributed by atoms with Crippen molar-refractivity contribution in [3.63, 3.8) is 0 Å². The molecule has 0 saturated heterocycles. The Morgan fingerprint density at radius 1 is 0.893 bits per heavy atom. The average molecular weight is 390 g/mol. The Hall–Kier alpha value is -1.81. The molecule has 0 amide bonds. The summed E-state index contributed by atoms with van der Waals surface area (Å²) in [4.78, 5) is 0. The van der Waals surface area contributed by atoms with Crippen molar-refractivity contribution in [3.05, 3.63) is 70.0 Å². The van der Waals surface area contributed by atoms with E-state index in [4.69, 9.17) is 4.74 Å². The van der Waals surface area contributed by atoms with Gasteiger partial charge in [-0.3, -0.25) is 0 Å². The Kier molecular flexibility index (Phi) is 7.17. The molecule has 1 aliphatic rings. The number of benzene rings is 2. The molecule has 0 heterocycles. The lowest BCUT2D eigenvalue weighted by Crippen LogP contribution is -2.21. The fourth-order valence-corrected chi connectivity index (χ4v) is 4.10. The van der Waals surface area contributed by atoms with Crippen LogP contribution in [0.4, 0.5) is 13.2 Å². The highest BCUT2D eigenvalue weighted by Crippen LogP contribution is 2.36. The first kappa shape index (κ1) is 20.9. The Labute approximate surface area is 165 Å². The summed E-state index contributed by atoms with van der Waals surface area (Å²) in [6.45, 7) is 4.27. The van der Waals surface area contributed by atoms with Gasteiger partial charge in [0, 0.05) is 0 Å². The van der Waals surface area contributed by atoms with E-state index in [9.17, 15) is 13.2 Å². The zero-order valence-electron chi connectivity index (χ0n) is 16.7. The maximum absolute atomic E-state index is 14.5. The first-order valence-electron chi connectivity index (χ1n) is 10.4. The third-order valence-corrected chi connectivity index (χ3v) is 5.81. The van der Waals surface area contributed by atoms with Crippen LogP contribution >= 0.6 is 0 Å². The summed E-state index contributed by atoms with van der Waals surface area (Å²) < 4.78 is 48.6. The lowest BCUT2D eigenvalue weighted by atomic mass is 9.82. The summed E-state index contributed by atoms with van der Waals surface area (Å²) in [6.07, 6.45) is 5.27. The van der Waals surface area contributed by atoms with Gasteiger partial charge in [-0.1, -0.05) is 44.5 Å². The largest absolute Gasteiger partial charge is 0.374 e. The highest BCUT2D eigenvalue weighted by Gasteiger charge is 2.26. The summed E-state index contributed by atoms with van der Waals surface area (Å²) in [6, 6.07) is 8.75. The molecule has 0 aromatic heterocycles. The van der Waals surface area contributed by atoms with E-state index in [1.165, 1.54) is 0 Å². The molecule has 1 fully saturated rings. The van der Waals surface area contributed by atoms with Crippen LogP contribution in [-0.2, 0) is 24.2 Å². The van der Waals surface area contributed by atoms with E-state index in [0.29, 0.717) is 36.1 Å². The highest BCUT2D eigenvalue weighted by atomic mass is 19.2. The first-order valence-corrected chi connectivity index (χ1v) is 10.4. The van der Waals surface area contributed by atoms with Crippen LogP contribution < -0.4 is 0 Å². The lowest BCUT2D eigenvalue weighted by molar-refractivity contribution is 0.0130.